The summed E-state index contributed by atoms with van der Waals surface area (Å²) < 4.78 is 4.83. The van der Waals surface area contributed by atoms with Crippen LogP contribution in [0.3, 0.4) is 0 Å². The maximum atomic E-state index is 10.4. The minimum Gasteiger partial charge on any atom is -0.504 e. The van der Waals surface area contributed by atoms with Gasteiger partial charge in [0, 0.05) is 0 Å². The van der Waals surface area contributed by atoms with E-state index >= 15 is 0 Å². The normalized spacial score (nSPS) is 12.1. The van der Waals surface area contributed by atoms with Gasteiger partial charge in [-0.3, -0.25) is 4.79 Å². The summed E-state index contributed by atoms with van der Waals surface area (Å²) >= 11 is 0. The van der Waals surface area contributed by atoms with E-state index < -0.39 is 12.1 Å². The highest BCUT2D eigenvalue weighted by Gasteiger charge is 2.13. The molecule has 1 rings (SSSR count). The molecular formula is C10H12O5. The summed E-state index contributed by atoms with van der Waals surface area (Å²) in [6, 6.07) is 4.20. The number of hydrogen-bond donors (Lipinski definition) is 3. The number of carboxylic acids is 1. The zero-order valence-corrected chi connectivity index (χ0v) is 8.17. The van der Waals surface area contributed by atoms with E-state index in [0.717, 1.165) is 0 Å². The Kier molecular flexibility index (Phi) is 3.51. The molecule has 0 radical (unpaired) electrons. The highest BCUT2D eigenvalue weighted by molar-refractivity contribution is 5.67. The summed E-state index contributed by atoms with van der Waals surface area (Å²) in [5, 5.41) is 27.2. The minimum absolute atomic E-state index is 0.0521. The molecular weight excluding hydrogens is 200 g/mol. The molecule has 1 aromatic carbocycles. The third-order valence-corrected chi connectivity index (χ3v) is 1.96. The number of phenolic OH excluding ortho intramolecular Hbond substituents is 1. The van der Waals surface area contributed by atoms with Gasteiger partial charge in [0.15, 0.2) is 11.5 Å². The quantitative estimate of drug-likeness (QED) is 0.690. The Hall–Kier alpha value is -1.75. The van der Waals surface area contributed by atoms with Gasteiger partial charge in [-0.05, 0) is 17.7 Å². The Morgan fingerprint density at radius 2 is 2.20 bits per heavy atom. The van der Waals surface area contributed by atoms with Gasteiger partial charge in [-0.2, -0.15) is 0 Å². The van der Waals surface area contributed by atoms with Crippen molar-refractivity contribution < 1.29 is 24.9 Å². The number of aliphatic carboxylic acids is 1. The van der Waals surface area contributed by atoms with Crippen LogP contribution in [0.5, 0.6) is 11.5 Å². The Morgan fingerprint density at radius 3 is 2.73 bits per heavy atom. The molecule has 0 unspecified atom stereocenters. The third kappa shape index (κ3) is 2.85. The molecule has 82 valence electrons. The Bertz CT molecular complexity index is 361. The number of phenols is 1. The number of benzene rings is 1. The lowest BCUT2D eigenvalue weighted by molar-refractivity contribution is -0.139. The summed E-state index contributed by atoms with van der Waals surface area (Å²) in [4.78, 5) is 10.4. The average Bonchev–Trinajstić information content (AvgIpc) is 2.17. The number of carbonyl (C=O) groups is 1. The Morgan fingerprint density at radius 1 is 1.53 bits per heavy atom. The molecule has 1 aromatic rings. The maximum Gasteiger partial charge on any atom is 0.306 e. The predicted molar refractivity (Wildman–Crippen MR) is 51.9 cm³/mol. The summed E-state index contributed by atoms with van der Waals surface area (Å²) in [6.45, 7) is 0. The van der Waals surface area contributed by atoms with Crippen LogP contribution in [-0.2, 0) is 4.79 Å². The van der Waals surface area contributed by atoms with Crippen molar-refractivity contribution >= 4 is 5.97 Å². The van der Waals surface area contributed by atoms with E-state index in [-0.39, 0.29) is 17.9 Å². The van der Waals surface area contributed by atoms with Crippen LogP contribution in [0.2, 0.25) is 0 Å². The third-order valence-electron chi connectivity index (χ3n) is 1.96. The molecule has 0 heterocycles. The van der Waals surface area contributed by atoms with Gasteiger partial charge in [0.2, 0.25) is 0 Å². The van der Waals surface area contributed by atoms with E-state index in [4.69, 9.17) is 9.84 Å². The Labute approximate surface area is 86.5 Å². The minimum atomic E-state index is -1.10. The molecule has 0 aliphatic rings. The number of aromatic hydroxyl groups is 1. The molecule has 0 saturated heterocycles. The summed E-state index contributed by atoms with van der Waals surface area (Å²) in [5.74, 6) is -0.935. The second-order valence-electron chi connectivity index (χ2n) is 3.04. The molecule has 3 N–H and O–H groups in total. The first kappa shape index (κ1) is 11.3. The number of rotatable bonds is 4. The lowest BCUT2D eigenvalue weighted by Crippen LogP contribution is -2.05. The topological polar surface area (TPSA) is 87.0 Å². The van der Waals surface area contributed by atoms with Crippen molar-refractivity contribution in [1.82, 2.24) is 0 Å². The molecule has 15 heavy (non-hydrogen) atoms. The van der Waals surface area contributed by atoms with Gasteiger partial charge in [-0.15, -0.1) is 0 Å². The summed E-state index contributed by atoms with van der Waals surface area (Å²) in [6.07, 6.45) is -1.48. The fourth-order valence-electron chi connectivity index (χ4n) is 1.18. The van der Waals surface area contributed by atoms with Crippen molar-refractivity contribution in [3.8, 4) is 11.5 Å². The summed E-state index contributed by atoms with van der Waals surface area (Å²) in [5.41, 5.74) is 0.395. The molecule has 0 aromatic heterocycles. The van der Waals surface area contributed by atoms with Gasteiger partial charge in [-0.25, -0.2) is 0 Å². The molecule has 0 aliphatic heterocycles. The molecule has 0 spiro atoms. The van der Waals surface area contributed by atoms with Crippen LogP contribution in [0.15, 0.2) is 18.2 Å². The Balaban J connectivity index is 2.90. The smallest absolute Gasteiger partial charge is 0.306 e. The first-order valence-electron chi connectivity index (χ1n) is 4.31. The lowest BCUT2D eigenvalue weighted by Gasteiger charge is -2.10. The van der Waals surface area contributed by atoms with Crippen LogP contribution >= 0.6 is 0 Å². The van der Waals surface area contributed by atoms with Crippen molar-refractivity contribution in [2.45, 2.75) is 12.5 Å². The molecule has 0 aliphatic carbocycles. The molecule has 0 amide bonds. The number of methoxy groups -OCH3 is 1. The van der Waals surface area contributed by atoms with Gasteiger partial charge in [0.05, 0.1) is 19.6 Å². The predicted octanol–water partition coefficient (Wildman–Crippen LogP) is 0.909. The summed E-state index contributed by atoms with van der Waals surface area (Å²) in [7, 11) is 1.38. The molecule has 5 heteroatoms. The molecule has 0 bridgehead atoms. The second-order valence-corrected chi connectivity index (χ2v) is 3.04. The van der Waals surface area contributed by atoms with E-state index in [1.54, 1.807) is 0 Å². The number of aliphatic hydroxyl groups excluding tert-OH is 1. The first-order chi connectivity index (χ1) is 7.04. The fourth-order valence-corrected chi connectivity index (χ4v) is 1.18. The lowest BCUT2D eigenvalue weighted by atomic mass is 10.1. The fraction of sp³-hybridized carbons (Fsp3) is 0.300. The van der Waals surface area contributed by atoms with Crippen LogP contribution in [0.1, 0.15) is 18.1 Å². The zero-order valence-electron chi connectivity index (χ0n) is 8.17. The van der Waals surface area contributed by atoms with Gasteiger partial charge in [-0.1, -0.05) is 6.07 Å². The van der Waals surface area contributed by atoms with Crippen molar-refractivity contribution in [3.63, 3.8) is 0 Å². The number of aliphatic hydroxyl groups is 1. The van der Waals surface area contributed by atoms with Crippen LogP contribution in [-0.4, -0.2) is 28.4 Å². The van der Waals surface area contributed by atoms with Gasteiger partial charge in [0.1, 0.15) is 0 Å². The van der Waals surface area contributed by atoms with E-state index in [1.807, 2.05) is 0 Å². The SMILES string of the molecule is COc1cc([C@H](O)CC(=O)O)ccc1O. The van der Waals surface area contributed by atoms with Gasteiger partial charge >= 0.3 is 5.97 Å². The van der Waals surface area contributed by atoms with Crippen LogP contribution in [0.25, 0.3) is 0 Å². The van der Waals surface area contributed by atoms with Crippen molar-refractivity contribution in [2.75, 3.05) is 7.11 Å². The van der Waals surface area contributed by atoms with Crippen LogP contribution < -0.4 is 4.74 Å². The number of carboxylic acid groups (broad SMARTS) is 1. The van der Waals surface area contributed by atoms with E-state index in [0.29, 0.717) is 5.56 Å². The van der Waals surface area contributed by atoms with Crippen LogP contribution in [0, 0.1) is 0 Å². The highest BCUT2D eigenvalue weighted by Crippen LogP contribution is 2.29. The standard InChI is InChI=1S/C10H12O5/c1-15-9-4-6(2-3-7(9)11)8(12)5-10(13)14/h2-4,8,11-12H,5H2,1H3,(H,13,14)/t8-/m1/s1. The molecule has 1 atom stereocenters. The van der Waals surface area contributed by atoms with Gasteiger partial charge < -0.3 is 20.1 Å². The highest BCUT2D eigenvalue weighted by atomic mass is 16.5. The molecule has 0 fully saturated rings. The molecule has 0 saturated carbocycles. The van der Waals surface area contributed by atoms with E-state index in [1.165, 1.54) is 25.3 Å². The number of hydrogen-bond acceptors (Lipinski definition) is 4. The van der Waals surface area contributed by atoms with Crippen molar-refractivity contribution in [2.24, 2.45) is 0 Å². The largest absolute Gasteiger partial charge is 0.504 e. The average molecular weight is 212 g/mol. The van der Waals surface area contributed by atoms with Gasteiger partial charge in [0.25, 0.3) is 0 Å². The van der Waals surface area contributed by atoms with E-state index in [9.17, 15) is 15.0 Å². The first-order valence-corrected chi connectivity index (χ1v) is 4.31. The molecule has 5 nitrogen and oxygen atoms in total. The monoisotopic (exact) mass is 212 g/mol. The van der Waals surface area contributed by atoms with Crippen molar-refractivity contribution in [3.05, 3.63) is 23.8 Å². The maximum absolute atomic E-state index is 10.4. The van der Waals surface area contributed by atoms with Crippen LogP contribution in [0.4, 0.5) is 0 Å². The zero-order chi connectivity index (χ0) is 11.4. The number of ether oxygens (including phenoxy) is 1. The second kappa shape index (κ2) is 4.65. The van der Waals surface area contributed by atoms with Crippen molar-refractivity contribution in [1.29, 1.82) is 0 Å². The van der Waals surface area contributed by atoms with E-state index in [2.05, 4.69) is 0 Å².